The predicted molar refractivity (Wildman–Crippen MR) is 88.1 cm³/mol. The number of rotatable bonds is 4. The van der Waals surface area contributed by atoms with Crippen LogP contribution in [0.4, 0.5) is 23.7 Å². The second-order valence-electron chi connectivity index (χ2n) is 5.55. The van der Waals surface area contributed by atoms with Crippen molar-refractivity contribution in [3.63, 3.8) is 0 Å². The lowest BCUT2D eigenvalue weighted by Gasteiger charge is -2.07. The Morgan fingerprint density at radius 1 is 1.14 bits per heavy atom. The lowest BCUT2D eigenvalue weighted by Crippen LogP contribution is -2.14. The average Bonchev–Trinajstić information content (AvgIpc) is 3.36. The van der Waals surface area contributed by atoms with Crippen molar-refractivity contribution in [2.75, 3.05) is 5.32 Å². The lowest BCUT2D eigenvalue weighted by atomic mass is 10.2. The molecule has 0 aliphatic carbocycles. The lowest BCUT2D eigenvalue weighted by molar-refractivity contribution is -0.159. The van der Waals surface area contributed by atoms with Crippen LogP contribution in [-0.2, 0) is 17.5 Å². The predicted octanol–water partition coefficient (Wildman–Crippen LogP) is 3.44. The molecule has 0 aliphatic heterocycles. The van der Waals surface area contributed by atoms with Gasteiger partial charge in [0.25, 0.3) is 0 Å². The van der Waals surface area contributed by atoms with Gasteiger partial charge in [-0.15, -0.1) is 0 Å². The maximum Gasteiger partial charge on any atom is 0.471 e. The van der Waals surface area contributed by atoms with Gasteiger partial charge >= 0.3 is 18.2 Å². The summed E-state index contributed by atoms with van der Waals surface area (Å²) in [6.45, 7) is -0.0916. The summed E-state index contributed by atoms with van der Waals surface area (Å²) in [6.07, 6.45) is 1.36. The van der Waals surface area contributed by atoms with E-state index in [4.69, 9.17) is 9.15 Å². The molecular formula is C16H9F3N6O4. The van der Waals surface area contributed by atoms with E-state index in [1.807, 2.05) is 0 Å². The standard InChI is InChI=1S/C16H9F3N6O4/c17-16(18,19)14-24-13(25-29-14)12-21-5-10(6-22-12)23-15(26)28-7-9-4-20-3-8-1-2-27-11(8)9/h1-6H,7H2,(H,23,26). The molecule has 29 heavy (non-hydrogen) atoms. The molecule has 4 aromatic rings. The Hall–Kier alpha value is -4.03. The molecule has 10 nitrogen and oxygen atoms in total. The first-order chi connectivity index (χ1) is 13.9. The van der Waals surface area contributed by atoms with Crippen molar-refractivity contribution in [2.24, 2.45) is 0 Å². The largest absolute Gasteiger partial charge is 0.471 e. The number of pyridine rings is 1. The highest BCUT2D eigenvalue weighted by atomic mass is 19.4. The first kappa shape index (κ1) is 18.3. The summed E-state index contributed by atoms with van der Waals surface area (Å²) in [5.41, 5.74) is 1.28. The van der Waals surface area contributed by atoms with Crippen LogP contribution < -0.4 is 5.32 Å². The topological polar surface area (TPSA) is 129 Å². The number of aromatic nitrogens is 5. The molecule has 0 spiro atoms. The average molecular weight is 406 g/mol. The van der Waals surface area contributed by atoms with E-state index >= 15 is 0 Å². The van der Waals surface area contributed by atoms with Gasteiger partial charge in [-0.2, -0.15) is 18.2 Å². The zero-order valence-corrected chi connectivity index (χ0v) is 14.2. The molecule has 0 saturated heterocycles. The highest BCUT2D eigenvalue weighted by molar-refractivity contribution is 5.84. The molecule has 0 atom stereocenters. The fourth-order valence-corrected chi connectivity index (χ4v) is 2.29. The van der Waals surface area contributed by atoms with E-state index in [1.165, 1.54) is 12.5 Å². The van der Waals surface area contributed by atoms with Gasteiger partial charge in [-0.1, -0.05) is 5.16 Å². The molecule has 0 saturated carbocycles. The third kappa shape index (κ3) is 3.97. The molecule has 4 aromatic heterocycles. The monoisotopic (exact) mass is 406 g/mol. The number of nitrogens with zero attached hydrogens (tertiary/aromatic N) is 5. The van der Waals surface area contributed by atoms with Crippen LogP contribution in [-0.4, -0.2) is 31.2 Å². The Labute approximate surface area is 158 Å². The van der Waals surface area contributed by atoms with Crippen LogP contribution in [0.25, 0.3) is 22.6 Å². The van der Waals surface area contributed by atoms with Gasteiger partial charge in [0.05, 0.1) is 29.9 Å². The molecule has 0 aliphatic rings. The maximum absolute atomic E-state index is 12.5. The van der Waals surface area contributed by atoms with Crippen LogP contribution in [0.2, 0.25) is 0 Å². The number of fused-ring (bicyclic) bond motifs is 1. The van der Waals surface area contributed by atoms with Crippen molar-refractivity contribution >= 4 is 22.7 Å². The third-order valence-electron chi connectivity index (χ3n) is 3.56. The molecular weight excluding hydrogens is 397 g/mol. The fourth-order valence-electron chi connectivity index (χ4n) is 2.29. The summed E-state index contributed by atoms with van der Waals surface area (Å²) in [5.74, 6) is -2.16. The minimum atomic E-state index is -4.77. The Balaban J connectivity index is 1.38. The van der Waals surface area contributed by atoms with Crippen LogP contribution in [0.3, 0.4) is 0 Å². The molecule has 0 fully saturated rings. The quantitative estimate of drug-likeness (QED) is 0.542. The van der Waals surface area contributed by atoms with Gasteiger partial charge in [0.15, 0.2) is 0 Å². The zero-order valence-electron chi connectivity index (χ0n) is 14.2. The van der Waals surface area contributed by atoms with E-state index in [2.05, 4.69) is 34.9 Å². The van der Waals surface area contributed by atoms with E-state index < -0.39 is 24.0 Å². The van der Waals surface area contributed by atoms with Gasteiger partial charge < -0.3 is 13.7 Å². The van der Waals surface area contributed by atoms with Gasteiger partial charge in [-0.3, -0.25) is 10.3 Å². The zero-order chi connectivity index (χ0) is 20.4. The number of furan rings is 1. The second-order valence-corrected chi connectivity index (χ2v) is 5.55. The van der Waals surface area contributed by atoms with Crippen LogP contribution in [0.5, 0.6) is 0 Å². The van der Waals surface area contributed by atoms with Crippen molar-refractivity contribution in [1.82, 2.24) is 25.1 Å². The van der Waals surface area contributed by atoms with Crippen molar-refractivity contribution in [2.45, 2.75) is 12.8 Å². The minimum absolute atomic E-state index is 0.0916. The molecule has 0 unspecified atom stereocenters. The number of hydrogen-bond donors (Lipinski definition) is 1. The SMILES string of the molecule is O=C(Nc1cnc(-c2noc(C(F)(F)F)n2)nc1)OCc1cncc2ccoc12. The summed E-state index contributed by atoms with van der Waals surface area (Å²) in [4.78, 5) is 26.7. The van der Waals surface area contributed by atoms with E-state index in [-0.39, 0.29) is 18.1 Å². The normalized spacial score (nSPS) is 11.6. The molecule has 0 bridgehead atoms. The number of amides is 1. The highest BCUT2D eigenvalue weighted by Crippen LogP contribution is 2.28. The van der Waals surface area contributed by atoms with Gasteiger partial charge in [0, 0.05) is 17.8 Å². The first-order valence-electron chi connectivity index (χ1n) is 7.87. The number of nitrogens with one attached hydrogen (secondary N) is 1. The molecule has 1 N–H and O–H groups in total. The number of hydrogen-bond acceptors (Lipinski definition) is 9. The summed E-state index contributed by atoms with van der Waals surface area (Å²) in [6, 6.07) is 1.73. The molecule has 13 heteroatoms. The number of ether oxygens (including phenoxy) is 1. The number of carbonyl (C=O) groups excluding carboxylic acids is 1. The maximum atomic E-state index is 12.5. The summed E-state index contributed by atoms with van der Waals surface area (Å²) in [5, 5.41) is 6.32. The molecule has 1 amide bonds. The van der Waals surface area contributed by atoms with Crippen molar-refractivity contribution < 1.29 is 31.6 Å². The first-order valence-corrected chi connectivity index (χ1v) is 7.87. The minimum Gasteiger partial charge on any atom is -0.464 e. The number of carbonyl (C=O) groups is 1. The van der Waals surface area contributed by atoms with Gasteiger partial charge in [-0.05, 0) is 6.07 Å². The summed E-state index contributed by atoms with van der Waals surface area (Å²) in [7, 11) is 0. The van der Waals surface area contributed by atoms with E-state index in [0.29, 0.717) is 11.1 Å². The molecule has 4 rings (SSSR count). The molecule has 148 valence electrons. The summed E-state index contributed by atoms with van der Waals surface area (Å²) >= 11 is 0. The number of halogens is 3. The Morgan fingerprint density at radius 2 is 1.93 bits per heavy atom. The second kappa shape index (κ2) is 7.18. The summed E-state index contributed by atoms with van der Waals surface area (Å²) < 4.78 is 52.0. The van der Waals surface area contributed by atoms with Gasteiger partial charge in [-0.25, -0.2) is 14.8 Å². The van der Waals surface area contributed by atoms with Crippen molar-refractivity contribution in [1.29, 1.82) is 0 Å². The van der Waals surface area contributed by atoms with E-state index in [1.54, 1.807) is 12.3 Å². The third-order valence-corrected chi connectivity index (χ3v) is 3.56. The Morgan fingerprint density at radius 3 is 2.66 bits per heavy atom. The van der Waals surface area contributed by atoms with Crippen LogP contribution >= 0.6 is 0 Å². The van der Waals surface area contributed by atoms with E-state index in [9.17, 15) is 18.0 Å². The van der Waals surface area contributed by atoms with Crippen LogP contribution in [0.15, 0.2) is 46.1 Å². The van der Waals surface area contributed by atoms with Gasteiger partial charge in [0.2, 0.25) is 11.6 Å². The smallest absolute Gasteiger partial charge is 0.464 e. The van der Waals surface area contributed by atoms with Gasteiger partial charge in [0.1, 0.15) is 12.2 Å². The Bertz CT molecular complexity index is 1160. The molecule has 0 radical (unpaired) electrons. The van der Waals surface area contributed by atoms with Crippen molar-refractivity contribution in [3.8, 4) is 11.6 Å². The molecule has 4 heterocycles. The van der Waals surface area contributed by atoms with Crippen LogP contribution in [0.1, 0.15) is 11.5 Å². The fraction of sp³-hybridized carbons (Fsp3) is 0.125. The number of anilines is 1. The molecule has 0 aromatic carbocycles. The van der Waals surface area contributed by atoms with E-state index in [0.717, 1.165) is 17.8 Å². The van der Waals surface area contributed by atoms with Crippen LogP contribution in [0, 0.1) is 0 Å². The highest BCUT2D eigenvalue weighted by Gasteiger charge is 2.38. The van der Waals surface area contributed by atoms with Crippen molar-refractivity contribution in [3.05, 3.63) is 48.6 Å². The Kier molecular flexibility index (Phi) is 4.54. The number of alkyl halides is 3.